The van der Waals surface area contributed by atoms with E-state index in [1.165, 1.54) is 5.56 Å². The average molecular weight is 332 g/mol. The van der Waals surface area contributed by atoms with Gasteiger partial charge in [-0.15, -0.1) is 0 Å². The molecule has 0 atom stereocenters. The smallest absolute Gasteiger partial charge is 0.270 e. The fourth-order valence-corrected chi connectivity index (χ4v) is 3.41. The van der Waals surface area contributed by atoms with Crippen LogP contribution in [0.15, 0.2) is 60.7 Å². The second-order valence-electron chi connectivity index (χ2n) is 6.51. The maximum absolute atomic E-state index is 12.8. The van der Waals surface area contributed by atoms with Gasteiger partial charge in [0.25, 0.3) is 5.91 Å². The molecule has 4 heteroatoms. The maximum Gasteiger partial charge on any atom is 0.270 e. The number of pyridine rings is 1. The molecule has 0 aliphatic heterocycles. The molecule has 0 unspecified atom stereocenters. The molecule has 2 aromatic carbocycles. The Morgan fingerprint density at radius 2 is 1.88 bits per heavy atom. The van der Waals surface area contributed by atoms with E-state index in [1.807, 2.05) is 42.5 Å². The zero-order valence-electron chi connectivity index (χ0n) is 14.2. The third kappa shape index (κ3) is 2.84. The van der Waals surface area contributed by atoms with Gasteiger partial charge in [0, 0.05) is 5.39 Å². The first kappa shape index (κ1) is 15.6. The van der Waals surface area contributed by atoms with Crippen molar-refractivity contribution in [2.75, 3.05) is 7.11 Å². The van der Waals surface area contributed by atoms with E-state index >= 15 is 0 Å². The van der Waals surface area contributed by atoms with Gasteiger partial charge in [0.1, 0.15) is 11.4 Å². The second-order valence-corrected chi connectivity index (χ2v) is 6.51. The number of hydrogen-bond acceptors (Lipinski definition) is 3. The van der Waals surface area contributed by atoms with Crippen molar-refractivity contribution in [1.82, 2.24) is 10.3 Å². The van der Waals surface area contributed by atoms with Crippen LogP contribution in [0.1, 0.15) is 35.3 Å². The summed E-state index contributed by atoms with van der Waals surface area (Å²) in [5.74, 6) is 0.658. The summed E-state index contributed by atoms with van der Waals surface area (Å²) in [5, 5.41) is 4.18. The van der Waals surface area contributed by atoms with E-state index in [2.05, 4.69) is 22.4 Å². The van der Waals surface area contributed by atoms with Gasteiger partial charge in [0.05, 0.1) is 18.2 Å². The molecule has 1 aliphatic rings. The third-order valence-corrected chi connectivity index (χ3v) is 5.02. The lowest BCUT2D eigenvalue weighted by Gasteiger charge is -2.43. The Labute approximate surface area is 146 Å². The Balaban J connectivity index is 1.61. The first-order chi connectivity index (χ1) is 12.2. The molecule has 0 radical (unpaired) electrons. The van der Waals surface area contributed by atoms with Crippen molar-refractivity contribution in [3.8, 4) is 5.75 Å². The molecule has 1 N–H and O–H groups in total. The highest BCUT2D eigenvalue weighted by atomic mass is 16.5. The Hall–Kier alpha value is -2.88. The number of rotatable bonds is 4. The van der Waals surface area contributed by atoms with Crippen molar-refractivity contribution in [2.45, 2.75) is 24.8 Å². The summed E-state index contributed by atoms with van der Waals surface area (Å²) in [6.07, 6.45) is 3.06. The van der Waals surface area contributed by atoms with Crippen LogP contribution in [-0.4, -0.2) is 18.0 Å². The third-order valence-electron chi connectivity index (χ3n) is 5.02. The molecule has 126 valence electrons. The molecule has 0 saturated heterocycles. The van der Waals surface area contributed by atoms with E-state index in [0.29, 0.717) is 5.69 Å². The molecule has 1 amide bonds. The van der Waals surface area contributed by atoms with Crippen LogP contribution in [0.4, 0.5) is 0 Å². The van der Waals surface area contributed by atoms with E-state index in [-0.39, 0.29) is 11.4 Å². The summed E-state index contributed by atoms with van der Waals surface area (Å²) in [4.78, 5) is 17.3. The first-order valence-electron chi connectivity index (χ1n) is 8.53. The Kier molecular flexibility index (Phi) is 3.88. The lowest BCUT2D eigenvalue weighted by atomic mass is 9.71. The van der Waals surface area contributed by atoms with E-state index in [4.69, 9.17) is 4.74 Å². The summed E-state index contributed by atoms with van der Waals surface area (Å²) >= 11 is 0. The summed E-state index contributed by atoms with van der Waals surface area (Å²) in [6, 6.07) is 19.5. The quantitative estimate of drug-likeness (QED) is 0.784. The van der Waals surface area contributed by atoms with Gasteiger partial charge in [-0.1, -0.05) is 36.4 Å². The summed E-state index contributed by atoms with van der Waals surface area (Å²) in [6.45, 7) is 0. The predicted octanol–water partition coefficient (Wildman–Crippen LogP) is 4.05. The molecule has 0 bridgehead atoms. The van der Waals surface area contributed by atoms with Crippen LogP contribution in [0.3, 0.4) is 0 Å². The SMILES string of the molecule is COc1ccc2nc(C(=O)NC3(c4ccccc4)CCC3)ccc2c1. The van der Waals surface area contributed by atoms with Gasteiger partial charge in [-0.2, -0.15) is 0 Å². The van der Waals surface area contributed by atoms with Gasteiger partial charge in [-0.25, -0.2) is 4.98 Å². The van der Waals surface area contributed by atoms with Gasteiger partial charge in [-0.3, -0.25) is 4.79 Å². The maximum atomic E-state index is 12.8. The van der Waals surface area contributed by atoms with Gasteiger partial charge < -0.3 is 10.1 Å². The molecule has 1 saturated carbocycles. The van der Waals surface area contributed by atoms with E-state index in [1.54, 1.807) is 13.2 Å². The minimum absolute atomic E-state index is 0.124. The summed E-state index contributed by atoms with van der Waals surface area (Å²) < 4.78 is 5.23. The number of methoxy groups -OCH3 is 1. The molecule has 4 nitrogen and oxygen atoms in total. The van der Waals surface area contributed by atoms with E-state index in [9.17, 15) is 4.79 Å². The van der Waals surface area contributed by atoms with Gasteiger partial charge >= 0.3 is 0 Å². The zero-order valence-corrected chi connectivity index (χ0v) is 14.2. The fourth-order valence-electron chi connectivity index (χ4n) is 3.41. The zero-order chi connectivity index (χ0) is 17.3. The van der Waals surface area contributed by atoms with Crippen LogP contribution in [0, 0.1) is 0 Å². The molecule has 0 spiro atoms. The first-order valence-corrected chi connectivity index (χ1v) is 8.53. The number of nitrogens with zero attached hydrogens (tertiary/aromatic N) is 1. The van der Waals surface area contributed by atoms with Gasteiger partial charge in [0.15, 0.2) is 0 Å². The van der Waals surface area contributed by atoms with Crippen LogP contribution < -0.4 is 10.1 Å². The molecule has 25 heavy (non-hydrogen) atoms. The van der Waals surface area contributed by atoms with Crippen molar-refractivity contribution in [3.63, 3.8) is 0 Å². The van der Waals surface area contributed by atoms with Crippen LogP contribution >= 0.6 is 0 Å². The number of carbonyl (C=O) groups excluding carboxylic acids is 1. The topological polar surface area (TPSA) is 51.2 Å². The van der Waals surface area contributed by atoms with E-state index in [0.717, 1.165) is 35.9 Å². The molecule has 1 aromatic heterocycles. The normalized spacial score (nSPS) is 15.4. The van der Waals surface area contributed by atoms with Crippen molar-refractivity contribution >= 4 is 16.8 Å². The van der Waals surface area contributed by atoms with E-state index < -0.39 is 0 Å². The monoisotopic (exact) mass is 332 g/mol. The number of carbonyl (C=O) groups is 1. The van der Waals surface area contributed by atoms with Gasteiger partial charge in [-0.05, 0) is 49.1 Å². The molecular formula is C21H20N2O2. The largest absolute Gasteiger partial charge is 0.497 e. The number of aromatic nitrogens is 1. The second kappa shape index (κ2) is 6.20. The van der Waals surface area contributed by atoms with Crippen LogP contribution in [0.2, 0.25) is 0 Å². The highest BCUT2D eigenvalue weighted by Crippen LogP contribution is 2.41. The molecule has 1 aliphatic carbocycles. The Bertz CT molecular complexity index is 918. The summed E-state index contributed by atoms with van der Waals surface area (Å²) in [5.41, 5.74) is 2.14. The number of nitrogens with one attached hydrogen (secondary N) is 1. The molecule has 1 heterocycles. The fraction of sp³-hybridized carbons (Fsp3) is 0.238. The number of amides is 1. The molecule has 1 fully saturated rings. The lowest BCUT2D eigenvalue weighted by molar-refractivity contribution is 0.0818. The minimum atomic E-state index is -0.255. The summed E-state index contributed by atoms with van der Waals surface area (Å²) in [7, 11) is 1.64. The van der Waals surface area contributed by atoms with Crippen molar-refractivity contribution in [2.24, 2.45) is 0 Å². The van der Waals surface area contributed by atoms with Crippen LogP contribution in [0.5, 0.6) is 5.75 Å². The Morgan fingerprint density at radius 3 is 2.56 bits per heavy atom. The number of ether oxygens (including phenoxy) is 1. The predicted molar refractivity (Wildman–Crippen MR) is 97.7 cm³/mol. The van der Waals surface area contributed by atoms with Crippen molar-refractivity contribution in [1.29, 1.82) is 0 Å². The molecule has 4 rings (SSSR count). The highest BCUT2D eigenvalue weighted by molar-refractivity contribution is 5.95. The number of fused-ring (bicyclic) bond motifs is 1. The standard InChI is InChI=1S/C21H20N2O2/c1-25-17-9-11-18-15(14-17)8-10-19(22-18)20(24)23-21(12-5-13-21)16-6-3-2-4-7-16/h2-4,6-11,14H,5,12-13H2,1H3,(H,23,24). The average Bonchev–Trinajstić information content (AvgIpc) is 2.64. The lowest BCUT2D eigenvalue weighted by Crippen LogP contribution is -2.50. The number of hydrogen-bond donors (Lipinski definition) is 1. The highest BCUT2D eigenvalue weighted by Gasteiger charge is 2.40. The molecule has 3 aromatic rings. The minimum Gasteiger partial charge on any atom is -0.497 e. The van der Waals surface area contributed by atoms with Crippen LogP contribution in [0.25, 0.3) is 10.9 Å². The van der Waals surface area contributed by atoms with Crippen molar-refractivity contribution < 1.29 is 9.53 Å². The number of benzene rings is 2. The Morgan fingerprint density at radius 1 is 1.08 bits per heavy atom. The van der Waals surface area contributed by atoms with Crippen LogP contribution in [-0.2, 0) is 5.54 Å². The molecular weight excluding hydrogens is 312 g/mol. The van der Waals surface area contributed by atoms with Crippen molar-refractivity contribution in [3.05, 3.63) is 71.9 Å². The van der Waals surface area contributed by atoms with Gasteiger partial charge in [0.2, 0.25) is 0 Å².